The second-order valence-electron chi connectivity index (χ2n) is 6.70. The molecule has 0 bridgehead atoms. The average Bonchev–Trinajstić information content (AvgIpc) is 2.86. The van der Waals surface area contributed by atoms with Crippen LogP contribution in [-0.4, -0.2) is 41.4 Å². The summed E-state index contributed by atoms with van der Waals surface area (Å²) in [5.74, 6) is 0.615. The van der Waals surface area contributed by atoms with E-state index in [1.54, 1.807) is 0 Å². The molecule has 1 aliphatic rings. The number of hydrogen-bond acceptors (Lipinski definition) is 3. The van der Waals surface area contributed by atoms with Crippen LogP contribution in [0.15, 0.2) is 30.3 Å². The van der Waals surface area contributed by atoms with Gasteiger partial charge in [0.2, 0.25) is 0 Å². The van der Waals surface area contributed by atoms with Crippen molar-refractivity contribution in [3.63, 3.8) is 0 Å². The second-order valence-corrected chi connectivity index (χ2v) is 6.70. The molecule has 1 aromatic carbocycles. The lowest BCUT2D eigenvalue weighted by Gasteiger charge is -2.35. The molecular weight excluding hydrogens is 250 g/mol. The van der Waals surface area contributed by atoms with E-state index < -0.39 is 6.10 Å². The molecular formula is C17H27NO2. The Morgan fingerprint density at radius 3 is 2.65 bits per heavy atom. The standard InChI is InChI=1S/C17H27NO2/c1-17(2,16(20)15-6-4-3-5-7-15)13-18-10-8-14(12-18)9-11-19/h3-7,14,16,19-20H,8-13H2,1-2H3. The van der Waals surface area contributed by atoms with Crippen LogP contribution in [0.1, 0.15) is 38.4 Å². The monoisotopic (exact) mass is 277 g/mol. The van der Waals surface area contributed by atoms with Gasteiger partial charge in [0.15, 0.2) is 0 Å². The fourth-order valence-corrected chi connectivity index (χ4v) is 3.22. The second kappa shape index (κ2) is 6.70. The molecule has 2 atom stereocenters. The molecule has 0 amide bonds. The van der Waals surface area contributed by atoms with Crippen molar-refractivity contribution in [2.75, 3.05) is 26.2 Å². The first kappa shape index (κ1) is 15.5. The van der Waals surface area contributed by atoms with Gasteiger partial charge >= 0.3 is 0 Å². The zero-order chi connectivity index (χ0) is 14.6. The highest BCUT2D eigenvalue weighted by Crippen LogP contribution is 2.35. The Bertz CT molecular complexity index is 405. The minimum atomic E-state index is -0.444. The quantitative estimate of drug-likeness (QED) is 0.839. The molecule has 0 saturated carbocycles. The minimum Gasteiger partial charge on any atom is -0.396 e. The summed E-state index contributed by atoms with van der Waals surface area (Å²) < 4.78 is 0. The number of aliphatic hydroxyl groups is 2. The first-order valence-electron chi connectivity index (χ1n) is 7.59. The third-order valence-corrected chi connectivity index (χ3v) is 4.39. The Balaban J connectivity index is 1.94. The molecule has 1 heterocycles. The largest absolute Gasteiger partial charge is 0.396 e. The fraction of sp³-hybridized carbons (Fsp3) is 0.647. The average molecular weight is 277 g/mol. The predicted molar refractivity (Wildman–Crippen MR) is 81.4 cm³/mol. The predicted octanol–water partition coefficient (Wildman–Crippen LogP) is 2.45. The Hall–Kier alpha value is -0.900. The van der Waals surface area contributed by atoms with E-state index in [0.717, 1.165) is 38.0 Å². The Morgan fingerprint density at radius 2 is 2.00 bits per heavy atom. The van der Waals surface area contributed by atoms with E-state index in [1.165, 1.54) is 0 Å². The first-order valence-corrected chi connectivity index (χ1v) is 7.59. The summed E-state index contributed by atoms with van der Waals surface area (Å²) in [5.41, 5.74) is 0.818. The lowest BCUT2D eigenvalue weighted by atomic mass is 9.82. The molecule has 0 aliphatic carbocycles. The smallest absolute Gasteiger partial charge is 0.0853 e. The van der Waals surface area contributed by atoms with Gasteiger partial charge in [0.05, 0.1) is 6.10 Å². The molecule has 0 spiro atoms. The number of likely N-dealkylation sites (tertiary alicyclic amines) is 1. The van der Waals surface area contributed by atoms with E-state index in [9.17, 15) is 5.11 Å². The number of hydrogen-bond donors (Lipinski definition) is 2. The van der Waals surface area contributed by atoms with Crippen LogP contribution in [0.4, 0.5) is 0 Å². The number of nitrogens with zero attached hydrogens (tertiary/aromatic N) is 1. The summed E-state index contributed by atoms with van der Waals surface area (Å²) in [6.07, 6.45) is 1.62. The highest BCUT2D eigenvalue weighted by molar-refractivity contribution is 5.19. The summed E-state index contributed by atoms with van der Waals surface area (Å²) in [5, 5.41) is 19.6. The summed E-state index contributed by atoms with van der Waals surface area (Å²) in [6, 6.07) is 9.91. The summed E-state index contributed by atoms with van der Waals surface area (Å²) in [7, 11) is 0. The lowest BCUT2D eigenvalue weighted by molar-refractivity contribution is 0.0245. The summed E-state index contributed by atoms with van der Waals surface area (Å²) >= 11 is 0. The van der Waals surface area contributed by atoms with E-state index in [1.807, 2.05) is 30.3 Å². The van der Waals surface area contributed by atoms with Crippen molar-refractivity contribution < 1.29 is 10.2 Å². The maximum atomic E-state index is 10.6. The van der Waals surface area contributed by atoms with Crippen molar-refractivity contribution >= 4 is 0 Å². The Labute approximate surface area is 122 Å². The molecule has 20 heavy (non-hydrogen) atoms. The normalized spacial score (nSPS) is 22.1. The molecule has 3 nitrogen and oxygen atoms in total. The third kappa shape index (κ3) is 3.81. The van der Waals surface area contributed by atoms with E-state index in [2.05, 4.69) is 18.7 Å². The highest BCUT2D eigenvalue weighted by Gasteiger charge is 2.33. The molecule has 1 aliphatic heterocycles. The first-order chi connectivity index (χ1) is 9.53. The minimum absolute atomic E-state index is 0.171. The van der Waals surface area contributed by atoms with Crippen LogP contribution >= 0.6 is 0 Å². The van der Waals surface area contributed by atoms with Crippen LogP contribution in [0, 0.1) is 11.3 Å². The van der Waals surface area contributed by atoms with Crippen molar-refractivity contribution in [3.05, 3.63) is 35.9 Å². The van der Waals surface area contributed by atoms with Crippen LogP contribution in [0.5, 0.6) is 0 Å². The van der Waals surface area contributed by atoms with Gasteiger partial charge < -0.3 is 15.1 Å². The van der Waals surface area contributed by atoms with Gasteiger partial charge in [-0.2, -0.15) is 0 Å². The van der Waals surface area contributed by atoms with Gasteiger partial charge in [-0.1, -0.05) is 44.2 Å². The van der Waals surface area contributed by atoms with Crippen molar-refractivity contribution in [2.45, 2.75) is 32.8 Å². The molecule has 1 aromatic rings. The van der Waals surface area contributed by atoms with Crippen molar-refractivity contribution in [1.82, 2.24) is 4.90 Å². The fourth-order valence-electron chi connectivity index (χ4n) is 3.22. The topological polar surface area (TPSA) is 43.7 Å². The van der Waals surface area contributed by atoms with Gasteiger partial charge in [-0.05, 0) is 30.9 Å². The van der Waals surface area contributed by atoms with Gasteiger partial charge in [0, 0.05) is 25.1 Å². The third-order valence-electron chi connectivity index (χ3n) is 4.39. The maximum absolute atomic E-state index is 10.6. The van der Waals surface area contributed by atoms with Gasteiger partial charge in [-0.15, -0.1) is 0 Å². The Kier molecular flexibility index (Phi) is 5.19. The van der Waals surface area contributed by atoms with E-state index in [-0.39, 0.29) is 12.0 Å². The zero-order valence-corrected chi connectivity index (χ0v) is 12.6. The highest BCUT2D eigenvalue weighted by atomic mass is 16.3. The van der Waals surface area contributed by atoms with E-state index >= 15 is 0 Å². The molecule has 112 valence electrons. The Morgan fingerprint density at radius 1 is 1.30 bits per heavy atom. The van der Waals surface area contributed by atoms with Crippen molar-refractivity contribution in [3.8, 4) is 0 Å². The van der Waals surface area contributed by atoms with Gasteiger partial charge in [0.25, 0.3) is 0 Å². The molecule has 2 N–H and O–H groups in total. The SMILES string of the molecule is CC(C)(CN1CCC(CCO)C1)C(O)c1ccccc1. The summed E-state index contributed by atoms with van der Waals surface area (Å²) in [6.45, 7) is 7.56. The number of aliphatic hydroxyl groups excluding tert-OH is 2. The molecule has 0 aromatic heterocycles. The van der Waals surface area contributed by atoms with Crippen LogP contribution < -0.4 is 0 Å². The van der Waals surface area contributed by atoms with Crippen LogP contribution in [0.2, 0.25) is 0 Å². The lowest BCUT2D eigenvalue weighted by Crippen LogP contribution is -2.37. The van der Waals surface area contributed by atoms with Crippen LogP contribution in [0.3, 0.4) is 0 Å². The van der Waals surface area contributed by atoms with E-state index in [4.69, 9.17) is 5.11 Å². The molecule has 3 heteroatoms. The number of rotatable bonds is 6. The zero-order valence-electron chi connectivity index (χ0n) is 12.6. The van der Waals surface area contributed by atoms with Gasteiger partial charge in [0.1, 0.15) is 0 Å². The van der Waals surface area contributed by atoms with Crippen molar-refractivity contribution in [1.29, 1.82) is 0 Å². The molecule has 1 saturated heterocycles. The van der Waals surface area contributed by atoms with Crippen molar-refractivity contribution in [2.24, 2.45) is 11.3 Å². The maximum Gasteiger partial charge on any atom is 0.0853 e. The van der Waals surface area contributed by atoms with Gasteiger partial charge in [-0.3, -0.25) is 0 Å². The molecule has 1 fully saturated rings. The van der Waals surface area contributed by atoms with Crippen LogP contribution in [0.25, 0.3) is 0 Å². The molecule has 2 unspecified atom stereocenters. The summed E-state index contributed by atoms with van der Waals surface area (Å²) in [4.78, 5) is 2.42. The van der Waals surface area contributed by atoms with Crippen LogP contribution in [-0.2, 0) is 0 Å². The van der Waals surface area contributed by atoms with E-state index in [0.29, 0.717) is 5.92 Å². The number of benzene rings is 1. The van der Waals surface area contributed by atoms with Gasteiger partial charge in [-0.25, -0.2) is 0 Å². The molecule has 0 radical (unpaired) electrons. The molecule has 2 rings (SSSR count).